The first-order valence-electron chi connectivity index (χ1n) is 11.3. The number of nitrogens with one attached hydrogen (secondary N) is 2. The van der Waals surface area contributed by atoms with Crippen molar-refractivity contribution < 1.29 is 23.9 Å². The van der Waals surface area contributed by atoms with Crippen LogP contribution in [0.1, 0.15) is 72.6 Å². The molecule has 8 heteroatoms. The number of alkyl carbamates (subject to hydrolysis) is 1. The van der Waals surface area contributed by atoms with Gasteiger partial charge in [0.25, 0.3) is 0 Å². The molecule has 3 aliphatic rings. The molecule has 3 amide bonds. The first-order valence-corrected chi connectivity index (χ1v) is 11.3. The van der Waals surface area contributed by atoms with Crippen LogP contribution in [0.4, 0.5) is 4.79 Å². The third-order valence-electron chi connectivity index (χ3n) is 6.48. The molecule has 8 nitrogen and oxygen atoms in total. The maximum atomic E-state index is 13.0. The summed E-state index contributed by atoms with van der Waals surface area (Å²) in [6.07, 6.45) is 5.45. The SMILES string of the molecule is CC(=O)N1CCC2(CC1)CC(NC(=O)C1CCCCC1NC(=O)OC(C)(C)C)CO2. The van der Waals surface area contributed by atoms with E-state index in [4.69, 9.17) is 9.47 Å². The number of hydrogen-bond acceptors (Lipinski definition) is 5. The lowest BCUT2D eigenvalue weighted by Gasteiger charge is -2.38. The Morgan fingerprint density at radius 1 is 1.07 bits per heavy atom. The molecule has 1 aliphatic carbocycles. The van der Waals surface area contributed by atoms with Crippen LogP contribution >= 0.6 is 0 Å². The van der Waals surface area contributed by atoms with Gasteiger partial charge in [0.1, 0.15) is 5.60 Å². The number of likely N-dealkylation sites (tertiary alicyclic amines) is 1. The van der Waals surface area contributed by atoms with Gasteiger partial charge >= 0.3 is 6.09 Å². The zero-order chi connectivity index (χ0) is 21.9. The predicted molar refractivity (Wildman–Crippen MR) is 112 cm³/mol. The summed E-state index contributed by atoms with van der Waals surface area (Å²) in [5, 5.41) is 6.08. The lowest BCUT2D eigenvalue weighted by atomic mass is 9.83. The van der Waals surface area contributed by atoms with Crippen LogP contribution in [0.5, 0.6) is 0 Å². The molecule has 0 aromatic carbocycles. The number of hydrogen-bond donors (Lipinski definition) is 2. The van der Waals surface area contributed by atoms with Crippen LogP contribution in [-0.4, -0.2) is 65.8 Å². The largest absolute Gasteiger partial charge is 0.444 e. The van der Waals surface area contributed by atoms with E-state index in [0.717, 1.165) is 44.9 Å². The fourth-order valence-corrected chi connectivity index (χ4v) is 4.90. The Kier molecular flexibility index (Phi) is 6.95. The lowest BCUT2D eigenvalue weighted by Crippen LogP contribution is -2.51. The lowest BCUT2D eigenvalue weighted by molar-refractivity contribution is -0.133. The summed E-state index contributed by atoms with van der Waals surface area (Å²) >= 11 is 0. The number of piperidine rings is 1. The quantitative estimate of drug-likeness (QED) is 0.726. The highest BCUT2D eigenvalue weighted by atomic mass is 16.6. The number of amides is 3. The minimum Gasteiger partial charge on any atom is -0.444 e. The molecule has 0 aromatic rings. The Morgan fingerprint density at radius 2 is 1.73 bits per heavy atom. The summed E-state index contributed by atoms with van der Waals surface area (Å²) < 4.78 is 11.5. The van der Waals surface area contributed by atoms with Crippen molar-refractivity contribution >= 4 is 17.9 Å². The van der Waals surface area contributed by atoms with Crippen LogP contribution in [0.15, 0.2) is 0 Å². The Bertz CT molecular complexity index is 652. The summed E-state index contributed by atoms with van der Waals surface area (Å²) in [5.74, 6) is -0.154. The van der Waals surface area contributed by atoms with Crippen molar-refractivity contribution in [2.75, 3.05) is 19.7 Å². The van der Waals surface area contributed by atoms with Gasteiger partial charge in [-0.3, -0.25) is 9.59 Å². The summed E-state index contributed by atoms with van der Waals surface area (Å²) in [5.41, 5.74) is -0.797. The molecule has 0 radical (unpaired) electrons. The van der Waals surface area contributed by atoms with E-state index in [9.17, 15) is 14.4 Å². The molecule has 0 bridgehead atoms. The molecule has 170 valence electrons. The molecule has 2 heterocycles. The van der Waals surface area contributed by atoms with E-state index < -0.39 is 11.7 Å². The van der Waals surface area contributed by atoms with Crippen molar-refractivity contribution in [3.8, 4) is 0 Å². The normalized spacial score (nSPS) is 28.8. The second-order valence-electron chi connectivity index (χ2n) is 10.1. The van der Waals surface area contributed by atoms with Crippen molar-refractivity contribution in [2.45, 2.75) is 95.9 Å². The van der Waals surface area contributed by atoms with Gasteiger partial charge in [-0.1, -0.05) is 12.8 Å². The van der Waals surface area contributed by atoms with Gasteiger partial charge in [0, 0.05) is 26.1 Å². The second kappa shape index (κ2) is 9.12. The number of rotatable bonds is 3. The number of ether oxygens (including phenoxy) is 2. The minimum atomic E-state index is -0.566. The number of carbonyl (C=O) groups is 3. The van der Waals surface area contributed by atoms with Crippen LogP contribution in [0.3, 0.4) is 0 Å². The number of carbonyl (C=O) groups excluding carboxylic acids is 3. The van der Waals surface area contributed by atoms with Crippen LogP contribution in [-0.2, 0) is 19.1 Å². The maximum Gasteiger partial charge on any atom is 0.407 e. The molecule has 3 fully saturated rings. The van der Waals surface area contributed by atoms with Gasteiger partial charge in [0.15, 0.2) is 0 Å². The highest BCUT2D eigenvalue weighted by molar-refractivity contribution is 5.81. The average Bonchev–Trinajstić information content (AvgIpc) is 3.02. The van der Waals surface area contributed by atoms with Crippen molar-refractivity contribution in [3.05, 3.63) is 0 Å². The third-order valence-corrected chi connectivity index (χ3v) is 6.48. The van der Waals surface area contributed by atoms with E-state index in [-0.39, 0.29) is 35.4 Å². The number of nitrogens with zero attached hydrogens (tertiary/aromatic N) is 1. The zero-order valence-corrected chi connectivity index (χ0v) is 18.8. The molecule has 1 spiro atoms. The van der Waals surface area contributed by atoms with Gasteiger partial charge in [-0.2, -0.15) is 0 Å². The van der Waals surface area contributed by atoms with Crippen molar-refractivity contribution in [1.82, 2.24) is 15.5 Å². The highest BCUT2D eigenvalue weighted by Crippen LogP contribution is 2.36. The van der Waals surface area contributed by atoms with E-state index in [1.807, 2.05) is 25.7 Å². The van der Waals surface area contributed by atoms with Gasteiger partial charge in [0.2, 0.25) is 11.8 Å². The van der Waals surface area contributed by atoms with Crippen molar-refractivity contribution in [1.29, 1.82) is 0 Å². The van der Waals surface area contributed by atoms with Crippen molar-refractivity contribution in [3.63, 3.8) is 0 Å². The Hall–Kier alpha value is -1.83. The first-order chi connectivity index (χ1) is 14.1. The minimum absolute atomic E-state index is 0.0115. The van der Waals surface area contributed by atoms with Crippen molar-refractivity contribution in [2.24, 2.45) is 5.92 Å². The molecule has 0 aromatic heterocycles. The summed E-state index contributed by atoms with van der Waals surface area (Å²) in [4.78, 5) is 38.7. The Morgan fingerprint density at radius 3 is 2.37 bits per heavy atom. The first kappa shape index (κ1) is 22.8. The highest BCUT2D eigenvalue weighted by Gasteiger charge is 2.44. The van der Waals surface area contributed by atoms with Gasteiger partial charge in [-0.15, -0.1) is 0 Å². The third kappa shape index (κ3) is 5.86. The Labute approximate surface area is 179 Å². The van der Waals surface area contributed by atoms with Gasteiger partial charge in [0.05, 0.1) is 24.2 Å². The smallest absolute Gasteiger partial charge is 0.407 e. The topological polar surface area (TPSA) is 97.0 Å². The molecular formula is C22H37N3O5. The molecule has 1 saturated carbocycles. The van der Waals surface area contributed by atoms with E-state index in [2.05, 4.69) is 10.6 Å². The molecule has 30 heavy (non-hydrogen) atoms. The van der Waals surface area contributed by atoms with Crippen LogP contribution < -0.4 is 10.6 Å². The van der Waals surface area contributed by atoms with Gasteiger partial charge < -0.3 is 25.0 Å². The Balaban J connectivity index is 1.52. The monoisotopic (exact) mass is 423 g/mol. The molecule has 2 aliphatic heterocycles. The van der Waals surface area contributed by atoms with E-state index in [1.165, 1.54) is 0 Å². The summed E-state index contributed by atoms with van der Waals surface area (Å²) in [7, 11) is 0. The standard InChI is InChI=1S/C22H37N3O5/c1-15(26)25-11-9-22(10-12-25)13-16(14-29-22)23-19(27)17-7-5-6-8-18(17)24-20(28)30-21(2,3)4/h16-18H,5-14H2,1-4H3,(H,23,27)(H,24,28). The van der Waals surface area contributed by atoms with Crippen LogP contribution in [0.25, 0.3) is 0 Å². The second-order valence-corrected chi connectivity index (χ2v) is 10.1. The molecule has 3 atom stereocenters. The van der Waals surface area contributed by atoms with Gasteiger partial charge in [-0.05, 0) is 52.9 Å². The maximum absolute atomic E-state index is 13.0. The zero-order valence-electron chi connectivity index (χ0n) is 18.8. The molecule has 3 rings (SSSR count). The fraction of sp³-hybridized carbons (Fsp3) is 0.864. The molecule has 2 saturated heterocycles. The molecule has 2 N–H and O–H groups in total. The summed E-state index contributed by atoms with van der Waals surface area (Å²) in [6, 6.07) is -0.228. The van der Waals surface area contributed by atoms with E-state index in [1.54, 1.807) is 6.92 Å². The van der Waals surface area contributed by atoms with Crippen LogP contribution in [0, 0.1) is 5.92 Å². The van der Waals surface area contributed by atoms with E-state index >= 15 is 0 Å². The average molecular weight is 424 g/mol. The molecular weight excluding hydrogens is 386 g/mol. The van der Waals surface area contributed by atoms with Crippen LogP contribution in [0.2, 0.25) is 0 Å². The molecule has 3 unspecified atom stereocenters. The fourth-order valence-electron chi connectivity index (χ4n) is 4.90. The summed E-state index contributed by atoms with van der Waals surface area (Å²) in [6.45, 7) is 9.00. The van der Waals surface area contributed by atoms with Gasteiger partial charge in [-0.25, -0.2) is 4.79 Å². The predicted octanol–water partition coefficient (Wildman–Crippen LogP) is 2.36. The van der Waals surface area contributed by atoms with E-state index in [0.29, 0.717) is 19.7 Å².